The molecule has 0 saturated carbocycles. The summed E-state index contributed by atoms with van der Waals surface area (Å²) < 4.78 is 5.74. The van der Waals surface area contributed by atoms with Gasteiger partial charge in [-0.3, -0.25) is 0 Å². The molecular weight excluding hydrogens is 240 g/mol. The molecule has 1 aromatic heterocycles. The molecule has 0 fully saturated rings. The van der Waals surface area contributed by atoms with E-state index in [9.17, 15) is 0 Å². The number of rotatable bonds is 5. The van der Waals surface area contributed by atoms with Crippen LogP contribution >= 0.6 is 0 Å². The molecule has 0 unspecified atom stereocenters. The monoisotopic (exact) mass is 258 g/mol. The van der Waals surface area contributed by atoms with Crippen LogP contribution < -0.4 is 16.0 Å². The van der Waals surface area contributed by atoms with E-state index in [1.165, 1.54) is 0 Å². The second-order valence-electron chi connectivity index (χ2n) is 4.32. The molecule has 5 heteroatoms. The Morgan fingerprint density at radius 3 is 2.79 bits per heavy atom. The third-order valence-corrected chi connectivity index (χ3v) is 2.58. The number of hydrazine groups is 1. The molecule has 0 amide bonds. The van der Waals surface area contributed by atoms with E-state index in [0.29, 0.717) is 11.7 Å². The fraction of sp³-hybridized carbons (Fsp3) is 0.286. The molecular formula is C14H18N4O. The van der Waals surface area contributed by atoms with Gasteiger partial charge in [0.2, 0.25) is 5.88 Å². The van der Waals surface area contributed by atoms with Gasteiger partial charge < -0.3 is 10.2 Å². The maximum absolute atomic E-state index is 5.74. The average Bonchev–Trinajstić information content (AvgIpc) is 2.39. The summed E-state index contributed by atoms with van der Waals surface area (Å²) in [6.45, 7) is 4.09. The first-order chi connectivity index (χ1) is 9.21. The topological polar surface area (TPSA) is 73.1 Å². The summed E-state index contributed by atoms with van der Waals surface area (Å²) >= 11 is 0. The Hall–Kier alpha value is -2.14. The van der Waals surface area contributed by atoms with E-state index in [1.807, 2.05) is 31.2 Å². The Balaban J connectivity index is 2.26. The minimum absolute atomic E-state index is 0.497. The number of nitrogens with two attached hydrogens (primary N) is 1. The molecule has 19 heavy (non-hydrogen) atoms. The number of nitrogen functional groups attached to an aromatic ring is 1. The molecule has 0 aliphatic heterocycles. The van der Waals surface area contributed by atoms with Crippen LogP contribution in [0.15, 0.2) is 30.3 Å². The predicted octanol–water partition coefficient (Wildman–Crippen LogP) is 2.82. The number of benzene rings is 1. The number of aryl methyl sites for hydroxylation is 2. The van der Waals surface area contributed by atoms with Gasteiger partial charge in [0.15, 0.2) is 0 Å². The van der Waals surface area contributed by atoms with Gasteiger partial charge in [0.25, 0.3) is 0 Å². The summed E-state index contributed by atoms with van der Waals surface area (Å²) in [6.07, 6.45) is 1.76. The van der Waals surface area contributed by atoms with Gasteiger partial charge in [0.05, 0.1) is 0 Å². The molecule has 2 aromatic rings. The number of ether oxygens (including phenoxy) is 1. The molecule has 100 valence electrons. The minimum Gasteiger partial charge on any atom is -0.439 e. The van der Waals surface area contributed by atoms with Crippen LogP contribution in [0.2, 0.25) is 0 Å². The average molecular weight is 258 g/mol. The largest absolute Gasteiger partial charge is 0.439 e. The van der Waals surface area contributed by atoms with Crippen LogP contribution in [0.3, 0.4) is 0 Å². The Kier molecular flexibility index (Phi) is 4.30. The van der Waals surface area contributed by atoms with Gasteiger partial charge in [-0.1, -0.05) is 19.1 Å². The summed E-state index contributed by atoms with van der Waals surface area (Å²) in [5.74, 6) is 7.94. The Morgan fingerprint density at radius 2 is 2.11 bits per heavy atom. The van der Waals surface area contributed by atoms with E-state index < -0.39 is 0 Å². The lowest BCUT2D eigenvalue weighted by Crippen LogP contribution is -2.10. The number of hydrogen-bond acceptors (Lipinski definition) is 5. The van der Waals surface area contributed by atoms with Crippen molar-refractivity contribution < 1.29 is 4.74 Å². The van der Waals surface area contributed by atoms with Gasteiger partial charge in [0, 0.05) is 12.5 Å². The quantitative estimate of drug-likeness (QED) is 0.637. The van der Waals surface area contributed by atoms with Gasteiger partial charge in [-0.25, -0.2) is 10.8 Å². The van der Waals surface area contributed by atoms with Crippen molar-refractivity contribution in [2.45, 2.75) is 26.7 Å². The maximum Gasteiger partial charge on any atom is 0.224 e. The summed E-state index contributed by atoms with van der Waals surface area (Å²) in [4.78, 5) is 8.64. The summed E-state index contributed by atoms with van der Waals surface area (Å²) in [6, 6.07) is 9.49. The van der Waals surface area contributed by atoms with Crippen molar-refractivity contribution in [1.82, 2.24) is 9.97 Å². The molecule has 0 atom stereocenters. The highest BCUT2D eigenvalue weighted by molar-refractivity contribution is 5.39. The number of hydrogen-bond donors (Lipinski definition) is 2. The number of anilines is 1. The van der Waals surface area contributed by atoms with Crippen molar-refractivity contribution >= 4 is 5.82 Å². The lowest BCUT2D eigenvalue weighted by Gasteiger charge is -2.09. The first-order valence-electron chi connectivity index (χ1n) is 6.30. The van der Waals surface area contributed by atoms with E-state index in [1.54, 1.807) is 6.07 Å². The number of aromatic nitrogens is 2. The Bertz CT molecular complexity index is 557. The van der Waals surface area contributed by atoms with Crippen molar-refractivity contribution in [3.05, 3.63) is 41.7 Å². The van der Waals surface area contributed by atoms with Crippen molar-refractivity contribution in [2.75, 3.05) is 5.43 Å². The molecule has 1 heterocycles. The predicted molar refractivity (Wildman–Crippen MR) is 75.1 cm³/mol. The zero-order valence-electron chi connectivity index (χ0n) is 11.2. The standard InChI is InChI=1S/C14H18N4O/c1-3-5-12-16-13(18-15)9-14(17-12)19-11-7-4-6-10(2)8-11/h4,6-9H,3,5,15H2,1-2H3,(H,16,17,18). The fourth-order valence-corrected chi connectivity index (χ4v) is 1.73. The smallest absolute Gasteiger partial charge is 0.224 e. The first-order valence-corrected chi connectivity index (χ1v) is 6.30. The van der Waals surface area contributed by atoms with E-state index in [0.717, 1.165) is 30.0 Å². The molecule has 0 aliphatic rings. The van der Waals surface area contributed by atoms with Crippen molar-refractivity contribution in [3.8, 4) is 11.6 Å². The highest BCUT2D eigenvalue weighted by Gasteiger charge is 2.05. The lowest BCUT2D eigenvalue weighted by molar-refractivity contribution is 0.458. The molecule has 0 saturated heterocycles. The van der Waals surface area contributed by atoms with Crippen LogP contribution in [-0.2, 0) is 6.42 Å². The summed E-state index contributed by atoms with van der Waals surface area (Å²) in [7, 11) is 0. The van der Waals surface area contributed by atoms with Crippen molar-refractivity contribution in [1.29, 1.82) is 0 Å². The first kappa shape index (κ1) is 13.3. The molecule has 0 bridgehead atoms. The third-order valence-electron chi connectivity index (χ3n) is 2.58. The van der Waals surface area contributed by atoms with Crippen LogP contribution in [0.4, 0.5) is 5.82 Å². The fourth-order valence-electron chi connectivity index (χ4n) is 1.73. The molecule has 2 rings (SSSR count). The van der Waals surface area contributed by atoms with Crippen LogP contribution in [0.5, 0.6) is 11.6 Å². The highest BCUT2D eigenvalue weighted by Crippen LogP contribution is 2.22. The van der Waals surface area contributed by atoms with Crippen LogP contribution in [0, 0.1) is 6.92 Å². The Morgan fingerprint density at radius 1 is 1.26 bits per heavy atom. The molecule has 1 aromatic carbocycles. The van der Waals surface area contributed by atoms with E-state index in [2.05, 4.69) is 22.3 Å². The SMILES string of the molecule is CCCc1nc(NN)cc(Oc2cccc(C)c2)n1. The summed E-state index contributed by atoms with van der Waals surface area (Å²) in [5, 5.41) is 0. The van der Waals surface area contributed by atoms with Gasteiger partial charge in [-0.2, -0.15) is 4.98 Å². The normalized spacial score (nSPS) is 10.3. The number of nitrogens with one attached hydrogen (secondary N) is 1. The van der Waals surface area contributed by atoms with Gasteiger partial charge >= 0.3 is 0 Å². The van der Waals surface area contributed by atoms with Gasteiger partial charge in [-0.15, -0.1) is 0 Å². The second-order valence-corrected chi connectivity index (χ2v) is 4.32. The molecule has 0 radical (unpaired) electrons. The molecule has 5 nitrogen and oxygen atoms in total. The van der Waals surface area contributed by atoms with Crippen molar-refractivity contribution in [3.63, 3.8) is 0 Å². The van der Waals surface area contributed by atoms with Crippen LogP contribution in [0.1, 0.15) is 24.7 Å². The molecule has 0 aliphatic carbocycles. The van der Waals surface area contributed by atoms with Crippen LogP contribution in [0.25, 0.3) is 0 Å². The molecule has 0 spiro atoms. The van der Waals surface area contributed by atoms with Gasteiger partial charge in [-0.05, 0) is 31.0 Å². The lowest BCUT2D eigenvalue weighted by atomic mass is 10.2. The van der Waals surface area contributed by atoms with E-state index >= 15 is 0 Å². The highest BCUT2D eigenvalue weighted by atomic mass is 16.5. The zero-order chi connectivity index (χ0) is 13.7. The third kappa shape index (κ3) is 3.66. The molecule has 3 N–H and O–H groups in total. The van der Waals surface area contributed by atoms with Gasteiger partial charge in [0.1, 0.15) is 17.4 Å². The zero-order valence-corrected chi connectivity index (χ0v) is 11.2. The second kappa shape index (κ2) is 6.15. The summed E-state index contributed by atoms with van der Waals surface area (Å²) in [5.41, 5.74) is 3.67. The van der Waals surface area contributed by atoms with E-state index in [-0.39, 0.29) is 0 Å². The van der Waals surface area contributed by atoms with Crippen molar-refractivity contribution in [2.24, 2.45) is 5.84 Å². The van der Waals surface area contributed by atoms with Crippen LogP contribution in [-0.4, -0.2) is 9.97 Å². The minimum atomic E-state index is 0.497. The Labute approximate surface area is 112 Å². The maximum atomic E-state index is 5.74. The van der Waals surface area contributed by atoms with E-state index in [4.69, 9.17) is 10.6 Å². The number of nitrogens with zero attached hydrogens (tertiary/aromatic N) is 2.